The average Bonchev–Trinajstić information content (AvgIpc) is 2.25. The van der Waals surface area contributed by atoms with Gasteiger partial charge in [-0.15, -0.1) is 0 Å². The van der Waals surface area contributed by atoms with Gasteiger partial charge >= 0.3 is 0 Å². The lowest BCUT2D eigenvalue weighted by Gasteiger charge is -2.09. The molecule has 1 heterocycles. The molecule has 80 valence electrons. The first-order chi connectivity index (χ1) is 7.22. The smallest absolute Gasteiger partial charge is 0.140 e. The predicted molar refractivity (Wildman–Crippen MR) is 57.6 cm³/mol. The minimum Gasteiger partial charge on any atom is -0.492 e. The minimum atomic E-state index is 0.413. The number of pyridine rings is 1. The third-order valence-electron chi connectivity index (χ3n) is 1.87. The zero-order valence-corrected chi connectivity index (χ0v) is 9.10. The highest BCUT2D eigenvalue weighted by Gasteiger charge is 1.96. The van der Waals surface area contributed by atoms with Gasteiger partial charge in [0, 0.05) is 6.54 Å². The van der Waals surface area contributed by atoms with Crippen molar-refractivity contribution in [1.29, 1.82) is 5.26 Å². The second kappa shape index (κ2) is 5.99. The molecule has 1 rings (SSSR count). The first kappa shape index (κ1) is 11.5. The Kier molecular flexibility index (Phi) is 4.58. The van der Waals surface area contributed by atoms with Gasteiger partial charge in [0.2, 0.25) is 0 Å². The largest absolute Gasteiger partial charge is 0.492 e. The fourth-order valence-electron chi connectivity index (χ4n) is 1.10. The minimum absolute atomic E-state index is 0.413. The van der Waals surface area contributed by atoms with Crippen molar-refractivity contribution >= 4 is 0 Å². The Hall–Kier alpha value is -1.60. The number of nitrogens with zero attached hydrogens (tertiary/aromatic N) is 3. The lowest BCUT2D eigenvalue weighted by Crippen LogP contribution is -2.15. The summed E-state index contributed by atoms with van der Waals surface area (Å²) in [6, 6.07) is 5.38. The highest BCUT2D eigenvalue weighted by atomic mass is 16.5. The van der Waals surface area contributed by atoms with Crippen molar-refractivity contribution < 1.29 is 4.74 Å². The van der Waals surface area contributed by atoms with Crippen molar-refractivity contribution in [2.45, 2.75) is 6.42 Å². The maximum atomic E-state index is 8.54. The van der Waals surface area contributed by atoms with Crippen LogP contribution < -0.4 is 4.74 Å². The van der Waals surface area contributed by atoms with Crippen LogP contribution in [-0.4, -0.2) is 37.1 Å². The van der Waals surface area contributed by atoms with E-state index in [1.807, 2.05) is 20.2 Å². The van der Waals surface area contributed by atoms with Crippen LogP contribution in [0, 0.1) is 11.3 Å². The van der Waals surface area contributed by atoms with Crippen molar-refractivity contribution in [3.63, 3.8) is 0 Å². The zero-order chi connectivity index (χ0) is 11.1. The highest BCUT2D eigenvalue weighted by molar-refractivity contribution is 5.26. The number of aromatic nitrogens is 1. The van der Waals surface area contributed by atoms with Crippen LogP contribution in [0.3, 0.4) is 0 Å². The molecule has 0 aliphatic heterocycles. The van der Waals surface area contributed by atoms with Crippen LogP contribution >= 0.6 is 0 Å². The van der Waals surface area contributed by atoms with E-state index in [0.29, 0.717) is 18.1 Å². The van der Waals surface area contributed by atoms with Crippen LogP contribution in [-0.2, 0) is 0 Å². The Morgan fingerprint density at radius 2 is 2.27 bits per heavy atom. The van der Waals surface area contributed by atoms with Gasteiger partial charge < -0.3 is 9.64 Å². The molecule has 0 fully saturated rings. The van der Waals surface area contributed by atoms with E-state index in [1.165, 1.54) is 0 Å². The fraction of sp³-hybridized carbons (Fsp3) is 0.455. The van der Waals surface area contributed by atoms with E-state index < -0.39 is 0 Å². The molecular weight excluding hydrogens is 190 g/mol. The lowest BCUT2D eigenvalue weighted by atomic mass is 10.3. The standard InChI is InChI=1S/C11H15N3O/c1-14(2)6-3-7-15-11-5-4-10(8-12)13-9-11/h4-5,9H,3,6-7H2,1-2H3. The molecule has 4 heteroatoms. The van der Waals surface area contributed by atoms with E-state index in [0.717, 1.165) is 13.0 Å². The summed E-state index contributed by atoms with van der Waals surface area (Å²) in [7, 11) is 4.06. The average molecular weight is 205 g/mol. The summed E-state index contributed by atoms with van der Waals surface area (Å²) in [6.45, 7) is 1.68. The van der Waals surface area contributed by atoms with Gasteiger partial charge in [0.25, 0.3) is 0 Å². The SMILES string of the molecule is CN(C)CCCOc1ccc(C#N)nc1. The van der Waals surface area contributed by atoms with E-state index in [-0.39, 0.29) is 0 Å². The summed E-state index contributed by atoms with van der Waals surface area (Å²) in [5.74, 6) is 0.716. The van der Waals surface area contributed by atoms with Gasteiger partial charge in [-0.3, -0.25) is 0 Å². The highest BCUT2D eigenvalue weighted by Crippen LogP contribution is 2.08. The Morgan fingerprint density at radius 3 is 2.80 bits per heavy atom. The topological polar surface area (TPSA) is 49.1 Å². The van der Waals surface area contributed by atoms with Crippen molar-refractivity contribution in [3.05, 3.63) is 24.0 Å². The van der Waals surface area contributed by atoms with Gasteiger partial charge in [0.1, 0.15) is 17.5 Å². The molecule has 0 spiro atoms. The molecule has 0 amide bonds. The summed E-state index contributed by atoms with van der Waals surface area (Å²) in [6.07, 6.45) is 2.56. The summed E-state index contributed by atoms with van der Waals surface area (Å²) in [5, 5.41) is 8.54. The van der Waals surface area contributed by atoms with Gasteiger partial charge in [-0.2, -0.15) is 5.26 Å². The number of nitriles is 1. The molecule has 4 nitrogen and oxygen atoms in total. The van der Waals surface area contributed by atoms with Gasteiger partial charge in [0.05, 0.1) is 12.8 Å². The number of rotatable bonds is 5. The molecule has 0 aliphatic carbocycles. The van der Waals surface area contributed by atoms with Gasteiger partial charge in [-0.05, 0) is 32.6 Å². The van der Waals surface area contributed by atoms with Gasteiger partial charge in [-0.25, -0.2) is 4.98 Å². The maximum absolute atomic E-state index is 8.54. The second-order valence-electron chi connectivity index (χ2n) is 3.50. The van der Waals surface area contributed by atoms with Crippen LogP contribution in [0.4, 0.5) is 0 Å². The quantitative estimate of drug-likeness (QED) is 0.679. The van der Waals surface area contributed by atoms with E-state index >= 15 is 0 Å². The van der Waals surface area contributed by atoms with Crippen LogP contribution in [0.1, 0.15) is 12.1 Å². The molecule has 0 N–H and O–H groups in total. The van der Waals surface area contributed by atoms with Gasteiger partial charge in [-0.1, -0.05) is 0 Å². The van der Waals surface area contributed by atoms with Crippen LogP contribution in [0.25, 0.3) is 0 Å². The summed E-state index contributed by atoms with van der Waals surface area (Å²) >= 11 is 0. The molecule has 0 saturated carbocycles. The molecule has 0 unspecified atom stereocenters. The Bertz CT molecular complexity index is 327. The Balaban J connectivity index is 2.29. The number of hydrogen-bond acceptors (Lipinski definition) is 4. The summed E-state index contributed by atoms with van der Waals surface area (Å²) < 4.78 is 5.46. The van der Waals surface area contributed by atoms with E-state index in [9.17, 15) is 0 Å². The normalized spacial score (nSPS) is 10.0. The maximum Gasteiger partial charge on any atom is 0.140 e. The molecule has 0 saturated heterocycles. The van der Waals surface area contributed by atoms with E-state index in [4.69, 9.17) is 10.00 Å². The number of hydrogen-bond donors (Lipinski definition) is 0. The molecule has 0 bridgehead atoms. The summed E-state index contributed by atoms with van der Waals surface area (Å²) in [4.78, 5) is 6.03. The molecule has 0 atom stereocenters. The molecule has 1 aromatic heterocycles. The van der Waals surface area contributed by atoms with Crippen LogP contribution in [0.15, 0.2) is 18.3 Å². The molecule has 0 radical (unpaired) electrons. The first-order valence-electron chi connectivity index (χ1n) is 4.86. The molecular formula is C11H15N3O. The monoisotopic (exact) mass is 205 g/mol. The Labute approximate surface area is 90.1 Å². The second-order valence-corrected chi connectivity index (χ2v) is 3.50. The van der Waals surface area contributed by atoms with Crippen molar-refractivity contribution in [2.24, 2.45) is 0 Å². The van der Waals surface area contributed by atoms with Crippen molar-refractivity contribution in [2.75, 3.05) is 27.2 Å². The van der Waals surface area contributed by atoms with E-state index in [1.54, 1.807) is 18.3 Å². The molecule has 0 aliphatic rings. The lowest BCUT2D eigenvalue weighted by molar-refractivity contribution is 0.281. The van der Waals surface area contributed by atoms with E-state index in [2.05, 4.69) is 9.88 Å². The van der Waals surface area contributed by atoms with Crippen LogP contribution in [0.2, 0.25) is 0 Å². The van der Waals surface area contributed by atoms with Crippen molar-refractivity contribution in [1.82, 2.24) is 9.88 Å². The molecule has 0 aromatic carbocycles. The fourth-order valence-corrected chi connectivity index (χ4v) is 1.10. The Morgan fingerprint density at radius 1 is 1.47 bits per heavy atom. The first-order valence-corrected chi connectivity index (χ1v) is 4.86. The summed E-state index contributed by atoms with van der Waals surface area (Å²) in [5.41, 5.74) is 0.413. The predicted octanol–water partition coefficient (Wildman–Crippen LogP) is 1.28. The third-order valence-corrected chi connectivity index (χ3v) is 1.87. The zero-order valence-electron chi connectivity index (χ0n) is 9.10. The molecule has 1 aromatic rings. The molecule has 15 heavy (non-hydrogen) atoms. The van der Waals surface area contributed by atoms with Crippen molar-refractivity contribution in [3.8, 4) is 11.8 Å². The van der Waals surface area contributed by atoms with Crippen LogP contribution in [0.5, 0.6) is 5.75 Å². The third kappa shape index (κ3) is 4.43. The van der Waals surface area contributed by atoms with Gasteiger partial charge in [0.15, 0.2) is 0 Å². The number of ether oxygens (including phenoxy) is 1.